The van der Waals surface area contributed by atoms with Crippen molar-refractivity contribution in [2.24, 2.45) is 0 Å². The summed E-state index contributed by atoms with van der Waals surface area (Å²) < 4.78 is 0. The van der Waals surface area contributed by atoms with E-state index in [-0.39, 0.29) is 24.8 Å². The largest absolute Gasteiger partial charge is 0.315 e. The van der Waals surface area contributed by atoms with Gasteiger partial charge in [0, 0.05) is 19.6 Å². The zero-order valence-electron chi connectivity index (χ0n) is 7.29. The first kappa shape index (κ1) is 14.7. The Hall–Kier alpha value is 0.240. The number of hydrogen-bond acceptors (Lipinski definition) is 2. The second kappa shape index (κ2) is 9.33. The average molecular weight is 213 g/mol. The normalized spacial score (nSPS) is 18.3. The second-order valence-corrected chi connectivity index (χ2v) is 2.69. The minimum atomic E-state index is 0. The van der Waals surface area contributed by atoms with E-state index in [9.17, 15) is 0 Å². The van der Waals surface area contributed by atoms with Crippen LogP contribution in [0.4, 0.5) is 0 Å². The van der Waals surface area contributed by atoms with E-state index in [0.717, 1.165) is 13.1 Å². The number of nitrogens with zero attached hydrogens (tertiary/aromatic N) is 1. The Balaban J connectivity index is 0. The lowest BCUT2D eigenvalue weighted by atomic mass is 10.4. The van der Waals surface area contributed by atoms with E-state index in [2.05, 4.69) is 16.8 Å². The molecule has 1 rings (SSSR count). The zero-order chi connectivity index (χ0) is 7.23. The molecule has 1 aliphatic heterocycles. The van der Waals surface area contributed by atoms with Crippen LogP contribution in [0.25, 0.3) is 0 Å². The van der Waals surface area contributed by atoms with Crippen LogP contribution in [0.5, 0.6) is 0 Å². The Morgan fingerprint density at radius 3 is 2.67 bits per heavy atom. The highest BCUT2D eigenvalue weighted by atomic mass is 35.5. The average Bonchev–Trinajstić information content (AvgIpc) is 2.17. The van der Waals surface area contributed by atoms with E-state index in [1.807, 2.05) is 6.08 Å². The van der Waals surface area contributed by atoms with Crippen molar-refractivity contribution in [2.45, 2.75) is 6.42 Å². The lowest BCUT2D eigenvalue weighted by Crippen LogP contribution is -2.27. The number of halogens is 2. The molecule has 0 saturated carbocycles. The SMILES string of the molecule is C=CCN1CCCNCC1.Cl.Cl. The summed E-state index contributed by atoms with van der Waals surface area (Å²) in [5, 5.41) is 3.36. The maximum absolute atomic E-state index is 3.72. The smallest absolute Gasteiger partial charge is 0.0161 e. The van der Waals surface area contributed by atoms with Crippen LogP contribution in [-0.4, -0.2) is 37.6 Å². The third-order valence-corrected chi connectivity index (χ3v) is 1.82. The highest BCUT2D eigenvalue weighted by Crippen LogP contribution is 1.93. The molecule has 1 aliphatic rings. The molecule has 1 heterocycles. The fraction of sp³-hybridized carbons (Fsp3) is 0.750. The van der Waals surface area contributed by atoms with Gasteiger partial charge in [-0.2, -0.15) is 0 Å². The fourth-order valence-corrected chi connectivity index (χ4v) is 1.27. The molecular formula is C8H18Cl2N2. The van der Waals surface area contributed by atoms with Gasteiger partial charge in [0.1, 0.15) is 0 Å². The third-order valence-electron chi connectivity index (χ3n) is 1.82. The first-order valence-corrected chi connectivity index (χ1v) is 3.97. The number of nitrogens with one attached hydrogen (secondary N) is 1. The van der Waals surface area contributed by atoms with Gasteiger partial charge in [-0.1, -0.05) is 6.08 Å². The van der Waals surface area contributed by atoms with Gasteiger partial charge in [-0.25, -0.2) is 0 Å². The van der Waals surface area contributed by atoms with Crippen LogP contribution in [0.15, 0.2) is 12.7 Å². The van der Waals surface area contributed by atoms with Crippen molar-refractivity contribution in [2.75, 3.05) is 32.7 Å². The van der Waals surface area contributed by atoms with Crippen molar-refractivity contribution in [3.8, 4) is 0 Å². The van der Waals surface area contributed by atoms with Gasteiger partial charge < -0.3 is 5.32 Å². The Morgan fingerprint density at radius 1 is 1.25 bits per heavy atom. The molecule has 12 heavy (non-hydrogen) atoms. The molecule has 74 valence electrons. The Bertz CT molecular complexity index is 101. The summed E-state index contributed by atoms with van der Waals surface area (Å²) in [5.74, 6) is 0. The van der Waals surface area contributed by atoms with Gasteiger partial charge in [0.15, 0.2) is 0 Å². The van der Waals surface area contributed by atoms with E-state index in [1.165, 1.54) is 26.1 Å². The van der Waals surface area contributed by atoms with Gasteiger partial charge in [-0.3, -0.25) is 4.90 Å². The Kier molecular flexibility index (Phi) is 11.5. The standard InChI is InChI=1S/C8H16N2.2ClH/c1-2-6-10-7-3-4-9-5-8-10;;/h2,9H,1,3-8H2;2*1H. The quantitative estimate of drug-likeness (QED) is 0.696. The molecule has 4 heteroatoms. The number of rotatable bonds is 2. The fourth-order valence-electron chi connectivity index (χ4n) is 1.27. The van der Waals surface area contributed by atoms with Gasteiger partial charge in [0.25, 0.3) is 0 Å². The van der Waals surface area contributed by atoms with Crippen molar-refractivity contribution in [3.63, 3.8) is 0 Å². The topological polar surface area (TPSA) is 15.3 Å². The van der Waals surface area contributed by atoms with Crippen molar-refractivity contribution in [3.05, 3.63) is 12.7 Å². The summed E-state index contributed by atoms with van der Waals surface area (Å²) in [6.45, 7) is 9.47. The lowest BCUT2D eigenvalue weighted by Gasteiger charge is -2.16. The van der Waals surface area contributed by atoms with Crippen molar-refractivity contribution in [1.82, 2.24) is 10.2 Å². The molecule has 0 aromatic rings. The van der Waals surface area contributed by atoms with E-state index in [1.54, 1.807) is 0 Å². The highest BCUT2D eigenvalue weighted by molar-refractivity contribution is 5.85. The summed E-state index contributed by atoms with van der Waals surface area (Å²) in [4.78, 5) is 2.42. The van der Waals surface area contributed by atoms with E-state index in [0.29, 0.717) is 0 Å². The molecule has 0 spiro atoms. The molecule has 1 saturated heterocycles. The van der Waals surface area contributed by atoms with Crippen LogP contribution in [0, 0.1) is 0 Å². The van der Waals surface area contributed by atoms with Crippen molar-refractivity contribution >= 4 is 24.8 Å². The van der Waals surface area contributed by atoms with Crippen LogP contribution < -0.4 is 5.32 Å². The molecule has 0 radical (unpaired) electrons. The minimum Gasteiger partial charge on any atom is -0.315 e. The number of hydrogen-bond donors (Lipinski definition) is 1. The van der Waals surface area contributed by atoms with Crippen LogP contribution >= 0.6 is 24.8 Å². The van der Waals surface area contributed by atoms with Gasteiger partial charge in [0.2, 0.25) is 0 Å². The Labute approximate surface area is 87.2 Å². The highest BCUT2D eigenvalue weighted by Gasteiger charge is 2.04. The van der Waals surface area contributed by atoms with Crippen LogP contribution in [0.1, 0.15) is 6.42 Å². The molecule has 0 amide bonds. The molecule has 0 aliphatic carbocycles. The maximum atomic E-state index is 3.72. The molecule has 1 N–H and O–H groups in total. The van der Waals surface area contributed by atoms with E-state index < -0.39 is 0 Å². The predicted molar refractivity (Wildman–Crippen MR) is 58.6 cm³/mol. The van der Waals surface area contributed by atoms with Crippen LogP contribution in [0.2, 0.25) is 0 Å². The van der Waals surface area contributed by atoms with Gasteiger partial charge in [0.05, 0.1) is 0 Å². The first-order valence-electron chi connectivity index (χ1n) is 3.97. The van der Waals surface area contributed by atoms with Crippen molar-refractivity contribution in [1.29, 1.82) is 0 Å². The second-order valence-electron chi connectivity index (χ2n) is 2.69. The van der Waals surface area contributed by atoms with Gasteiger partial charge in [-0.05, 0) is 19.5 Å². The first-order chi connectivity index (χ1) is 4.93. The van der Waals surface area contributed by atoms with Crippen LogP contribution in [0.3, 0.4) is 0 Å². The molecule has 1 fully saturated rings. The summed E-state index contributed by atoms with van der Waals surface area (Å²) in [5.41, 5.74) is 0. The van der Waals surface area contributed by atoms with E-state index in [4.69, 9.17) is 0 Å². The molecule has 2 nitrogen and oxygen atoms in total. The third kappa shape index (κ3) is 5.84. The lowest BCUT2D eigenvalue weighted by molar-refractivity contribution is 0.324. The molecule has 0 unspecified atom stereocenters. The molecular weight excluding hydrogens is 195 g/mol. The summed E-state index contributed by atoms with van der Waals surface area (Å²) >= 11 is 0. The molecule has 0 atom stereocenters. The van der Waals surface area contributed by atoms with Crippen molar-refractivity contribution < 1.29 is 0 Å². The molecule has 0 bridgehead atoms. The molecule has 0 aromatic carbocycles. The summed E-state index contributed by atoms with van der Waals surface area (Å²) in [7, 11) is 0. The van der Waals surface area contributed by atoms with E-state index >= 15 is 0 Å². The minimum absolute atomic E-state index is 0. The summed E-state index contributed by atoms with van der Waals surface area (Å²) in [6.07, 6.45) is 3.25. The van der Waals surface area contributed by atoms with Gasteiger partial charge >= 0.3 is 0 Å². The zero-order valence-corrected chi connectivity index (χ0v) is 8.92. The summed E-state index contributed by atoms with van der Waals surface area (Å²) in [6, 6.07) is 0. The molecule has 0 aromatic heterocycles. The Morgan fingerprint density at radius 2 is 2.00 bits per heavy atom. The van der Waals surface area contributed by atoms with Gasteiger partial charge in [-0.15, -0.1) is 31.4 Å². The van der Waals surface area contributed by atoms with Crippen LogP contribution in [-0.2, 0) is 0 Å². The monoisotopic (exact) mass is 212 g/mol. The maximum Gasteiger partial charge on any atom is 0.0161 e. The predicted octanol–water partition coefficient (Wildman–Crippen LogP) is 1.31.